The molecule has 0 spiro atoms. The highest BCUT2D eigenvalue weighted by Crippen LogP contribution is 2.50. The summed E-state index contributed by atoms with van der Waals surface area (Å²) in [5.74, 6) is 0.719. The SMILES string of the molecule is C=Cc1c(O)c2c(c(CC=C(C)C)c1OCC)O[C@H](c1cc(O)c3c(c1)C=CC(C)(C)O3)CC2=O. The maximum Gasteiger partial charge on any atom is 0.174 e. The lowest BCUT2D eigenvalue weighted by molar-refractivity contribution is 0.0841. The van der Waals surface area contributed by atoms with Gasteiger partial charge in [0, 0.05) is 11.1 Å². The number of benzene rings is 2. The van der Waals surface area contributed by atoms with Gasteiger partial charge < -0.3 is 24.4 Å². The van der Waals surface area contributed by atoms with Crippen LogP contribution in [0, 0.1) is 0 Å². The van der Waals surface area contributed by atoms with E-state index in [2.05, 4.69) is 6.58 Å². The second-order valence-corrected chi connectivity index (χ2v) is 9.63. The summed E-state index contributed by atoms with van der Waals surface area (Å²) >= 11 is 0. The van der Waals surface area contributed by atoms with Gasteiger partial charge in [0.25, 0.3) is 0 Å². The third-order valence-electron chi connectivity index (χ3n) is 6.15. The zero-order valence-electron chi connectivity index (χ0n) is 20.9. The first-order chi connectivity index (χ1) is 16.6. The van der Waals surface area contributed by atoms with Gasteiger partial charge in [-0.2, -0.15) is 0 Å². The molecule has 2 aliphatic rings. The number of allylic oxidation sites excluding steroid dienone is 2. The Kier molecular flexibility index (Phi) is 6.41. The van der Waals surface area contributed by atoms with Crippen LogP contribution in [0.25, 0.3) is 12.2 Å². The van der Waals surface area contributed by atoms with Crippen molar-refractivity contribution in [2.45, 2.75) is 59.2 Å². The van der Waals surface area contributed by atoms with E-state index >= 15 is 0 Å². The van der Waals surface area contributed by atoms with Crippen LogP contribution < -0.4 is 14.2 Å². The minimum absolute atomic E-state index is 0.0126. The maximum absolute atomic E-state index is 13.3. The Hall–Kier alpha value is -3.67. The van der Waals surface area contributed by atoms with Crippen LogP contribution in [0.3, 0.4) is 0 Å². The second kappa shape index (κ2) is 9.17. The van der Waals surface area contributed by atoms with Crippen molar-refractivity contribution in [2.24, 2.45) is 0 Å². The molecule has 0 aromatic heterocycles. The molecule has 2 aliphatic heterocycles. The number of rotatable bonds is 6. The number of hydrogen-bond acceptors (Lipinski definition) is 6. The van der Waals surface area contributed by atoms with Gasteiger partial charge in [0.15, 0.2) is 17.3 Å². The number of carbonyl (C=O) groups is 1. The lowest BCUT2D eigenvalue weighted by Crippen LogP contribution is -2.28. The minimum atomic E-state index is -0.650. The first kappa shape index (κ1) is 24.5. The predicted octanol–water partition coefficient (Wildman–Crippen LogP) is 6.54. The Morgan fingerprint density at radius 2 is 2.00 bits per heavy atom. The number of Topliss-reactive ketones (excluding diaryl/α,β-unsaturated/α-hetero) is 1. The van der Waals surface area contributed by atoms with Crippen LogP contribution in [-0.4, -0.2) is 28.2 Å². The summed E-state index contributed by atoms with van der Waals surface area (Å²) in [5.41, 5.74) is 3.14. The van der Waals surface area contributed by atoms with E-state index in [1.165, 1.54) is 6.08 Å². The van der Waals surface area contributed by atoms with Crippen molar-refractivity contribution >= 4 is 17.9 Å². The second-order valence-electron chi connectivity index (χ2n) is 9.63. The fraction of sp³-hybridized carbons (Fsp3) is 0.345. The number of carbonyl (C=O) groups excluding carboxylic acids is 1. The van der Waals surface area contributed by atoms with E-state index in [1.807, 2.05) is 58.9 Å². The highest BCUT2D eigenvalue weighted by molar-refractivity contribution is 6.04. The Bertz CT molecular complexity index is 1260. The monoisotopic (exact) mass is 476 g/mol. The van der Waals surface area contributed by atoms with Crippen LogP contribution in [0.1, 0.15) is 79.8 Å². The van der Waals surface area contributed by atoms with E-state index in [0.29, 0.717) is 52.5 Å². The molecule has 0 amide bonds. The standard InChI is InChI=1S/C29H32O6/c1-7-19-25(32)24-21(30)15-23(34-28(24)20(10-9-16(3)4)27(19)33-8-2)18-13-17-11-12-29(5,6)35-26(17)22(31)14-18/h7,9,11-14,23,31-32H,1,8,10,15H2,2-6H3/t23-/m0/s1. The molecule has 0 saturated carbocycles. The third-order valence-corrected chi connectivity index (χ3v) is 6.15. The summed E-state index contributed by atoms with van der Waals surface area (Å²) in [6.07, 6.45) is 7.17. The van der Waals surface area contributed by atoms with Crippen LogP contribution in [-0.2, 0) is 6.42 Å². The molecule has 2 aromatic rings. The number of ether oxygens (including phenoxy) is 3. The van der Waals surface area contributed by atoms with Gasteiger partial charge in [0.1, 0.15) is 34.5 Å². The van der Waals surface area contributed by atoms with Gasteiger partial charge in [-0.25, -0.2) is 0 Å². The molecular weight excluding hydrogens is 444 g/mol. The van der Waals surface area contributed by atoms with E-state index in [1.54, 1.807) is 6.07 Å². The molecule has 35 heavy (non-hydrogen) atoms. The van der Waals surface area contributed by atoms with Crippen molar-refractivity contribution in [3.8, 4) is 28.7 Å². The maximum atomic E-state index is 13.3. The van der Waals surface area contributed by atoms with Crippen molar-refractivity contribution in [2.75, 3.05) is 6.61 Å². The molecule has 6 nitrogen and oxygen atoms in total. The van der Waals surface area contributed by atoms with Crippen molar-refractivity contribution in [3.63, 3.8) is 0 Å². The van der Waals surface area contributed by atoms with Crippen molar-refractivity contribution in [1.82, 2.24) is 0 Å². The number of phenolic OH excluding ortho intramolecular Hbond substituents is 2. The van der Waals surface area contributed by atoms with Crippen LogP contribution in [0.15, 0.2) is 36.4 Å². The number of aromatic hydroxyl groups is 2. The molecule has 2 heterocycles. The van der Waals surface area contributed by atoms with Gasteiger partial charge in [-0.3, -0.25) is 4.79 Å². The molecule has 0 unspecified atom stereocenters. The Morgan fingerprint density at radius 1 is 1.26 bits per heavy atom. The molecule has 2 N–H and O–H groups in total. The lowest BCUT2D eigenvalue weighted by Gasteiger charge is -2.32. The van der Waals surface area contributed by atoms with Crippen molar-refractivity contribution in [1.29, 1.82) is 0 Å². The van der Waals surface area contributed by atoms with Gasteiger partial charge in [0.2, 0.25) is 0 Å². The van der Waals surface area contributed by atoms with E-state index in [-0.39, 0.29) is 29.3 Å². The van der Waals surface area contributed by atoms with E-state index in [9.17, 15) is 15.0 Å². The quantitative estimate of drug-likeness (QED) is 0.461. The number of hydrogen-bond donors (Lipinski definition) is 2. The zero-order valence-corrected chi connectivity index (χ0v) is 20.9. The summed E-state index contributed by atoms with van der Waals surface area (Å²) < 4.78 is 18.2. The largest absolute Gasteiger partial charge is 0.506 e. The van der Waals surface area contributed by atoms with E-state index in [0.717, 1.165) is 5.57 Å². The molecule has 1 atom stereocenters. The summed E-state index contributed by atoms with van der Waals surface area (Å²) in [5, 5.41) is 21.7. The van der Waals surface area contributed by atoms with Gasteiger partial charge in [-0.1, -0.05) is 30.4 Å². The summed E-state index contributed by atoms with van der Waals surface area (Å²) in [6, 6.07) is 3.44. The van der Waals surface area contributed by atoms with Gasteiger partial charge in [-0.05, 0) is 64.8 Å². The Morgan fingerprint density at radius 3 is 2.66 bits per heavy atom. The molecule has 0 radical (unpaired) electrons. The fourth-order valence-corrected chi connectivity index (χ4v) is 4.45. The molecule has 2 aromatic carbocycles. The molecule has 4 rings (SSSR count). The predicted molar refractivity (Wildman–Crippen MR) is 137 cm³/mol. The molecule has 0 fully saturated rings. The molecule has 0 bridgehead atoms. The van der Waals surface area contributed by atoms with Crippen LogP contribution in [0.5, 0.6) is 28.7 Å². The first-order valence-electron chi connectivity index (χ1n) is 11.8. The van der Waals surface area contributed by atoms with Crippen LogP contribution in [0.4, 0.5) is 0 Å². The van der Waals surface area contributed by atoms with Crippen molar-refractivity contribution < 1.29 is 29.2 Å². The lowest BCUT2D eigenvalue weighted by atomic mass is 9.89. The normalized spacial score (nSPS) is 17.5. The number of phenols is 2. The Labute approximate surface area is 206 Å². The van der Waals surface area contributed by atoms with Gasteiger partial charge >= 0.3 is 0 Å². The first-order valence-corrected chi connectivity index (χ1v) is 11.8. The van der Waals surface area contributed by atoms with Crippen LogP contribution in [0.2, 0.25) is 0 Å². The topological polar surface area (TPSA) is 85.2 Å². The Balaban J connectivity index is 1.85. The van der Waals surface area contributed by atoms with E-state index in [4.69, 9.17) is 14.2 Å². The van der Waals surface area contributed by atoms with E-state index < -0.39 is 11.7 Å². The molecular formula is C29H32O6. The molecule has 0 saturated heterocycles. The van der Waals surface area contributed by atoms with Gasteiger partial charge in [-0.15, -0.1) is 0 Å². The van der Waals surface area contributed by atoms with Crippen molar-refractivity contribution in [3.05, 3.63) is 64.3 Å². The highest BCUT2D eigenvalue weighted by Gasteiger charge is 2.36. The third kappa shape index (κ3) is 4.53. The number of ketones is 1. The zero-order chi connectivity index (χ0) is 25.5. The summed E-state index contributed by atoms with van der Waals surface area (Å²) in [7, 11) is 0. The number of fused-ring (bicyclic) bond motifs is 2. The average molecular weight is 477 g/mol. The van der Waals surface area contributed by atoms with Crippen LogP contribution >= 0.6 is 0 Å². The molecule has 184 valence electrons. The fourth-order valence-electron chi connectivity index (χ4n) is 4.45. The minimum Gasteiger partial charge on any atom is -0.506 e. The summed E-state index contributed by atoms with van der Waals surface area (Å²) in [4.78, 5) is 13.3. The highest BCUT2D eigenvalue weighted by atomic mass is 16.5. The molecule has 6 heteroatoms. The summed E-state index contributed by atoms with van der Waals surface area (Å²) in [6.45, 7) is 13.8. The molecule has 0 aliphatic carbocycles. The van der Waals surface area contributed by atoms with Gasteiger partial charge in [0.05, 0.1) is 18.6 Å². The smallest absolute Gasteiger partial charge is 0.174 e. The average Bonchev–Trinajstić information content (AvgIpc) is 2.78.